The molecule has 0 aromatic rings. The predicted molar refractivity (Wildman–Crippen MR) is 63.7 cm³/mol. The molecule has 3 N–H and O–H groups in total. The van der Waals surface area contributed by atoms with Crippen molar-refractivity contribution >= 4 is 11.9 Å². The Hall–Kier alpha value is -1.10. The van der Waals surface area contributed by atoms with Gasteiger partial charge < -0.3 is 10.2 Å². The Labute approximate surface area is 102 Å². The van der Waals surface area contributed by atoms with Crippen molar-refractivity contribution in [2.75, 3.05) is 19.6 Å². The zero-order valence-corrected chi connectivity index (χ0v) is 10.4. The largest absolute Gasteiger partial charge is 0.335 e. The van der Waals surface area contributed by atoms with Crippen LogP contribution in [-0.2, 0) is 4.79 Å². The second-order valence-electron chi connectivity index (χ2n) is 5.41. The van der Waals surface area contributed by atoms with Crippen LogP contribution in [0.3, 0.4) is 0 Å². The van der Waals surface area contributed by atoms with Crippen molar-refractivity contribution < 1.29 is 14.5 Å². The number of hydrogen-bond donors (Lipinski definition) is 3. The number of amides is 3. The molecule has 96 valence electrons. The fraction of sp³-hybridized carbons (Fsp3) is 0.833. The molecule has 17 heavy (non-hydrogen) atoms. The molecule has 3 amide bonds. The Morgan fingerprint density at radius 3 is 2.41 bits per heavy atom. The fourth-order valence-corrected chi connectivity index (χ4v) is 2.19. The van der Waals surface area contributed by atoms with Crippen LogP contribution in [0.5, 0.6) is 0 Å². The molecular formula is C12H22N3O2+. The highest BCUT2D eigenvalue weighted by Crippen LogP contribution is 2.18. The van der Waals surface area contributed by atoms with Gasteiger partial charge in [0.25, 0.3) is 5.91 Å². The minimum absolute atomic E-state index is 0.160. The Balaban J connectivity index is 1.64. The summed E-state index contributed by atoms with van der Waals surface area (Å²) >= 11 is 0. The molecule has 1 heterocycles. The van der Waals surface area contributed by atoms with Gasteiger partial charge in [0.2, 0.25) is 0 Å². The number of piperidine rings is 1. The molecule has 0 aromatic heterocycles. The first kappa shape index (κ1) is 12.4. The van der Waals surface area contributed by atoms with Gasteiger partial charge in [0, 0.05) is 6.04 Å². The zero-order chi connectivity index (χ0) is 12.3. The van der Waals surface area contributed by atoms with Crippen LogP contribution in [0.2, 0.25) is 0 Å². The number of hydrogen-bond acceptors (Lipinski definition) is 2. The molecule has 1 aliphatic carbocycles. The Bertz CT molecular complexity index is 294. The van der Waals surface area contributed by atoms with Crippen LogP contribution in [0, 0.1) is 5.92 Å². The molecule has 1 saturated carbocycles. The monoisotopic (exact) mass is 240 g/mol. The van der Waals surface area contributed by atoms with E-state index in [2.05, 4.69) is 17.6 Å². The SMILES string of the molecule is CC1CC[NH+](CC(=O)NC(=O)NC2CC2)CC1. The second kappa shape index (κ2) is 5.49. The maximum absolute atomic E-state index is 11.6. The third-order valence-corrected chi connectivity index (χ3v) is 3.56. The second-order valence-corrected chi connectivity index (χ2v) is 5.41. The average Bonchev–Trinajstić information content (AvgIpc) is 3.05. The van der Waals surface area contributed by atoms with E-state index >= 15 is 0 Å². The summed E-state index contributed by atoms with van der Waals surface area (Å²) in [5, 5.41) is 5.15. The minimum Gasteiger partial charge on any atom is -0.335 e. The smallest absolute Gasteiger partial charge is 0.321 e. The lowest BCUT2D eigenvalue weighted by Crippen LogP contribution is -3.14. The number of carbonyl (C=O) groups excluding carboxylic acids is 2. The van der Waals surface area contributed by atoms with E-state index in [1.54, 1.807) is 0 Å². The van der Waals surface area contributed by atoms with Gasteiger partial charge in [0.1, 0.15) is 0 Å². The van der Waals surface area contributed by atoms with Gasteiger partial charge in [-0.2, -0.15) is 0 Å². The summed E-state index contributed by atoms with van der Waals surface area (Å²) < 4.78 is 0. The molecular weight excluding hydrogens is 218 g/mol. The summed E-state index contributed by atoms with van der Waals surface area (Å²) in [6.45, 7) is 4.75. The van der Waals surface area contributed by atoms with Crippen molar-refractivity contribution in [1.82, 2.24) is 10.6 Å². The normalized spacial score (nSPS) is 28.5. The van der Waals surface area contributed by atoms with Crippen molar-refractivity contribution in [3.63, 3.8) is 0 Å². The molecule has 5 nitrogen and oxygen atoms in total. The van der Waals surface area contributed by atoms with E-state index in [1.807, 2.05) is 0 Å². The van der Waals surface area contributed by atoms with Crippen molar-refractivity contribution in [2.24, 2.45) is 5.92 Å². The maximum Gasteiger partial charge on any atom is 0.321 e. The Morgan fingerprint density at radius 1 is 1.18 bits per heavy atom. The summed E-state index contributed by atoms with van der Waals surface area (Å²) in [5.41, 5.74) is 0. The first-order valence-corrected chi connectivity index (χ1v) is 6.57. The van der Waals surface area contributed by atoms with Crippen LogP contribution >= 0.6 is 0 Å². The molecule has 0 atom stereocenters. The zero-order valence-electron chi connectivity index (χ0n) is 10.4. The molecule has 1 aliphatic heterocycles. The Morgan fingerprint density at radius 2 is 1.82 bits per heavy atom. The predicted octanol–water partition coefficient (Wildman–Crippen LogP) is -0.711. The summed E-state index contributed by atoms with van der Waals surface area (Å²) in [6.07, 6.45) is 4.43. The molecule has 0 spiro atoms. The van der Waals surface area contributed by atoms with Gasteiger partial charge in [0.15, 0.2) is 6.54 Å². The van der Waals surface area contributed by atoms with Gasteiger partial charge in [-0.15, -0.1) is 0 Å². The minimum atomic E-state index is -0.331. The van der Waals surface area contributed by atoms with E-state index in [1.165, 1.54) is 17.7 Å². The van der Waals surface area contributed by atoms with Gasteiger partial charge in [-0.1, -0.05) is 6.92 Å². The molecule has 0 aromatic carbocycles. The molecule has 1 saturated heterocycles. The molecule has 2 rings (SSSR count). The van der Waals surface area contributed by atoms with Crippen molar-refractivity contribution in [3.05, 3.63) is 0 Å². The van der Waals surface area contributed by atoms with Crippen LogP contribution in [0.4, 0.5) is 4.79 Å². The number of nitrogens with one attached hydrogen (secondary N) is 3. The van der Waals surface area contributed by atoms with E-state index in [0.29, 0.717) is 12.6 Å². The van der Waals surface area contributed by atoms with Gasteiger partial charge in [-0.3, -0.25) is 10.1 Å². The number of quaternary nitrogens is 1. The first-order valence-electron chi connectivity index (χ1n) is 6.57. The molecule has 5 heteroatoms. The number of likely N-dealkylation sites (tertiary alicyclic amines) is 1. The summed E-state index contributed by atoms with van der Waals surface area (Å²) in [4.78, 5) is 24.2. The van der Waals surface area contributed by atoms with Crippen LogP contribution < -0.4 is 15.5 Å². The lowest BCUT2D eigenvalue weighted by molar-refractivity contribution is -0.898. The van der Waals surface area contributed by atoms with E-state index in [-0.39, 0.29) is 11.9 Å². The summed E-state index contributed by atoms with van der Waals surface area (Å²) in [7, 11) is 0. The number of carbonyl (C=O) groups is 2. The maximum atomic E-state index is 11.6. The topological polar surface area (TPSA) is 62.6 Å². The fourth-order valence-electron chi connectivity index (χ4n) is 2.19. The van der Waals surface area contributed by atoms with E-state index < -0.39 is 0 Å². The third kappa shape index (κ3) is 4.34. The van der Waals surface area contributed by atoms with Crippen molar-refractivity contribution in [2.45, 2.75) is 38.6 Å². The van der Waals surface area contributed by atoms with Gasteiger partial charge in [-0.25, -0.2) is 4.79 Å². The van der Waals surface area contributed by atoms with Crippen LogP contribution in [0.1, 0.15) is 32.6 Å². The van der Waals surface area contributed by atoms with E-state index in [4.69, 9.17) is 0 Å². The standard InChI is InChI=1S/C12H21N3O2/c1-9-4-6-15(7-5-9)8-11(16)14-12(17)13-10-2-3-10/h9-10H,2-8H2,1H3,(H2,13,14,16,17)/p+1. The van der Waals surface area contributed by atoms with Crippen LogP contribution in [-0.4, -0.2) is 37.6 Å². The number of imide groups is 1. The molecule has 0 radical (unpaired) electrons. The van der Waals surface area contributed by atoms with E-state index in [9.17, 15) is 9.59 Å². The molecule has 0 bridgehead atoms. The number of urea groups is 1. The van der Waals surface area contributed by atoms with Crippen molar-refractivity contribution in [3.8, 4) is 0 Å². The lowest BCUT2D eigenvalue weighted by atomic mass is 9.99. The van der Waals surface area contributed by atoms with E-state index in [0.717, 1.165) is 31.8 Å². The van der Waals surface area contributed by atoms with Gasteiger partial charge in [0.05, 0.1) is 13.1 Å². The quantitative estimate of drug-likeness (QED) is 0.610. The van der Waals surface area contributed by atoms with Crippen LogP contribution in [0.15, 0.2) is 0 Å². The molecule has 2 aliphatic rings. The number of rotatable bonds is 3. The average molecular weight is 240 g/mol. The summed E-state index contributed by atoms with van der Waals surface area (Å²) in [5.74, 6) is 0.618. The molecule has 2 fully saturated rings. The third-order valence-electron chi connectivity index (χ3n) is 3.56. The molecule has 0 unspecified atom stereocenters. The highest BCUT2D eigenvalue weighted by atomic mass is 16.2. The highest BCUT2D eigenvalue weighted by Gasteiger charge is 2.25. The van der Waals surface area contributed by atoms with Crippen molar-refractivity contribution in [1.29, 1.82) is 0 Å². The van der Waals surface area contributed by atoms with Gasteiger partial charge in [-0.05, 0) is 31.6 Å². The van der Waals surface area contributed by atoms with Gasteiger partial charge >= 0.3 is 6.03 Å². The first-order chi connectivity index (χ1) is 8.13. The highest BCUT2D eigenvalue weighted by molar-refractivity contribution is 5.94. The van der Waals surface area contributed by atoms with Crippen LogP contribution in [0.25, 0.3) is 0 Å². The summed E-state index contributed by atoms with van der Waals surface area (Å²) in [6, 6.07) is -0.0340. The Kier molecular flexibility index (Phi) is 3.99. The lowest BCUT2D eigenvalue weighted by Gasteiger charge is -2.26.